The van der Waals surface area contributed by atoms with Gasteiger partial charge in [-0.1, -0.05) is 357 Å². The Morgan fingerprint density at radius 1 is 0.296 bits per heavy atom. The number of carbonyl (C=O) groups excluding carboxylic acids is 4. The van der Waals surface area contributed by atoms with Gasteiger partial charge in [-0.2, -0.15) is 0 Å². The maximum Gasteiger partial charge on any atom is 0.472 e. The predicted octanol–water partition coefficient (Wildman–Crippen LogP) is 23.4. The van der Waals surface area contributed by atoms with Crippen molar-refractivity contribution in [3.8, 4) is 0 Å². The van der Waals surface area contributed by atoms with Crippen LogP contribution in [0.1, 0.15) is 408 Å². The number of aliphatic hydroxyl groups is 1. The van der Waals surface area contributed by atoms with Gasteiger partial charge in [0.25, 0.3) is 0 Å². The maximum absolute atomic E-state index is 13.1. The van der Waals surface area contributed by atoms with Crippen molar-refractivity contribution < 1.29 is 80.2 Å². The van der Waals surface area contributed by atoms with E-state index in [1.807, 2.05) is 0 Å². The Kier molecular flexibility index (Phi) is 68.1. The Hall–Kier alpha value is -1.94. The molecule has 0 rings (SSSR count). The van der Waals surface area contributed by atoms with Crippen molar-refractivity contribution in [2.45, 2.75) is 426 Å². The van der Waals surface area contributed by atoms with Gasteiger partial charge in [-0.05, 0) is 43.4 Å². The normalized spacial score (nSPS) is 14.3. The molecule has 98 heavy (non-hydrogen) atoms. The van der Waals surface area contributed by atoms with Gasteiger partial charge in [0.15, 0.2) is 12.2 Å². The molecule has 0 aliphatic carbocycles. The van der Waals surface area contributed by atoms with Gasteiger partial charge in [-0.25, -0.2) is 9.13 Å². The summed E-state index contributed by atoms with van der Waals surface area (Å²) in [5.74, 6) is 0.315. The maximum atomic E-state index is 13.1. The molecular formula is C79H154O17P2. The monoisotopic (exact) mass is 1440 g/mol. The van der Waals surface area contributed by atoms with Crippen molar-refractivity contribution in [2.75, 3.05) is 39.6 Å². The first kappa shape index (κ1) is 96.1. The van der Waals surface area contributed by atoms with Crippen molar-refractivity contribution in [1.82, 2.24) is 0 Å². The topological polar surface area (TPSA) is 237 Å². The van der Waals surface area contributed by atoms with Crippen molar-refractivity contribution in [2.24, 2.45) is 17.8 Å². The average Bonchev–Trinajstić information content (AvgIpc) is 0.932. The zero-order chi connectivity index (χ0) is 72.3. The highest BCUT2D eigenvalue weighted by Crippen LogP contribution is 2.45. The molecule has 0 bridgehead atoms. The third-order valence-corrected chi connectivity index (χ3v) is 20.6. The van der Waals surface area contributed by atoms with Crippen LogP contribution in [-0.2, 0) is 65.4 Å². The Morgan fingerprint density at radius 2 is 0.520 bits per heavy atom. The molecule has 0 fully saturated rings. The fourth-order valence-corrected chi connectivity index (χ4v) is 13.7. The second-order valence-electron chi connectivity index (χ2n) is 29.6. The van der Waals surface area contributed by atoms with Gasteiger partial charge in [0.2, 0.25) is 0 Å². The molecule has 3 N–H and O–H groups in total. The lowest BCUT2D eigenvalue weighted by molar-refractivity contribution is -0.161. The van der Waals surface area contributed by atoms with Gasteiger partial charge in [-0.15, -0.1) is 0 Å². The Bertz CT molecular complexity index is 1910. The molecule has 0 saturated carbocycles. The standard InChI is InChI=1S/C79H154O17P2/c1-8-10-11-12-36-46-53-60-76(81)89-66-74(95-78(83)63-56-49-42-35-29-23-17-19-25-31-38-44-51-58-71(5)6)68-93-97(85,86)91-64-73(80)65-92-98(87,88)94-69-75(67-90-77(82)61-54-47-40-33-27-21-15-13-18-24-30-37-43-50-57-70(3)4)96-79(84)62-55-48-41-34-28-22-16-14-20-26-32-39-45-52-59-72(7)9-2/h70-75,80H,8-69H2,1-7H3,(H,85,86)(H,87,88)/t72?,73-,74+,75+/m0/s1. The predicted molar refractivity (Wildman–Crippen MR) is 400 cm³/mol. The molecule has 0 aromatic carbocycles. The number of unbranched alkanes of at least 4 members (excludes halogenated alkanes) is 44. The summed E-state index contributed by atoms with van der Waals surface area (Å²) in [4.78, 5) is 72.8. The van der Waals surface area contributed by atoms with Crippen molar-refractivity contribution in [3.63, 3.8) is 0 Å². The number of carbonyl (C=O) groups is 4. The molecule has 0 saturated heterocycles. The second kappa shape index (κ2) is 69.4. The van der Waals surface area contributed by atoms with Gasteiger partial charge in [0.05, 0.1) is 26.4 Å². The number of rotatable bonds is 77. The van der Waals surface area contributed by atoms with Gasteiger partial charge >= 0.3 is 39.5 Å². The summed E-state index contributed by atoms with van der Waals surface area (Å²) in [5.41, 5.74) is 0. The molecule has 0 radical (unpaired) electrons. The number of hydrogen-bond donors (Lipinski definition) is 3. The van der Waals surface area contributed by atoms with E-state index in [0.29, 0.717) is 25.7 Å². The minimum absolute atomic E-state index is 0.107. The van der Waals surface area contributed by atoms with E-state index < -0.39 is 97.5 Å². The summed E-state index contributed by atoms with van der Waals surface area (Å²) in [5, 5.41) is 10.6. The van der Waals surface area contributed by atoms with Crippen LogP contribution in [0.15, 0.2) is 0 Å². The summed E-state index contributed by atoms with van der Waals surface area (Å²) in [7, 11) is -9.91. The highest BCUT2D eigenvalue weighted by molar-refractivity contribution is 7.47. The molecule has 582 valence electrons. The molecular weight excluding hydrogens is 1280 g/mol. The van der Waals surface area contributed by atoms with E-state index in [-0.39, 0.29) is 25.7 Å². The van der Waals surface area contributed by atoms with Gasteiger partial charge < -0.3 is 33.8 Å². The molecule has 3 unspecified atom stereocenters. The van der Waals surface area contributed by atoms with Crippen LogP contribution in [0.3, 0.4) is 0 Å². The van der Waals surface area contributed by atoms with Crippen LogP contribution in [-0.4, -0.2) is 96.7 Å². The molecule has 19 heteroatoms. The van der Waals surface area contributed by atoms with Crippen molar-refractivity contribution in [3.05, 3.63) is 0 Å². The highest BCUT2D eigenvalue weighted by atomic mass is 31.2. The zero-order valence-corrected chi connectivity index (χ0v) is 66.0. The number of esters is 4. The van der Waals surface area contributed by atoms with Crippen LogP contribution >= 0.6 is 15.6 Å². The first-order valence-electron chi connectivity index (χ1n) is 40.9. The molecule has 0 amide bonds. The molecule has 0 spiro atoms. The van der Waals surface area contributed by atoms with Gasteiger partial charge in [-0.3, -0.25) is 37.3 Å². The largest absolute Gasteiger partial charge is 0.472 e. The van der Waals surface area contributed by atoms with E-state index in [1.54, 1.807) is 0 Å². The van der Waals surface area contributed by atoms with E-state index in [0.717, 1.165) is 120 Å². The van der Waals surface area contributed by atoms with Crippen LogP contribution in [0.25, 0.3) is 0 Å². The molecule has 0 aliphatic heterocycles. The lowest BCUT2D eigenvalue weighted by Crippen LogP contribution is -2.30. The summed E-state index contributed by atoms with van der Waals surface area (Å²) in [6.45, 7) is 12.0. The zero-order valence-electron chi connectivity index (χ0n) is 64.3. The fourth-order valence-electron chi connectivity index (χ4n) is 12.1. The van der Waals surface area contributed by atoms with Crippen LogP contribution in [0, 0.1) is 17.8 Å². The molecule has 0 aromatic rings. The van der Waals surface area contributed by atoms with E-state index in [2.05, 4.69) is 48.5 Å². The number of phosphoric ester groups is 2. The molecule has 6 atom stereocenters. The van der Waals surface area contributed by atoms with Gasteiger partial charge in [0, 0.05) is 25.7 Å². The quantitative estimate of drug-likeness (QED) is 0.0222. The Balaban J connectivity index is 5.19. The highest BCUT2D eigenvalue weighted by Gasteiger charge is 2.30. The van der Waals surface area contributed by atoms with Crippen molar-refractivity contribution >= 4 is 39.5 Å². The number of phosphoric acid groups is 2. The third kappa shape index (κ3) is 71.1. The SMILES string of the molecule is CCCCCCCCCC(=O)OC[C@H](COP(=O)(O)OC[C@H](O)COP(=O)(O)OC[C@@H](COC(=O)CCCCCCCCCCCCCCCCC(C)C)OC(=O)CCCCCCCCCCCCCCCCC(C)CC)OC(=O)CCCCCCCCCCCCCCCC(C)C. The van der Waals surface area contributed by atoms with E-state index in [4.69, 9.17) is 37.0 Å². The van der Waals surface area contributed by atoms with Gasteiger partial charge in [0.1, 0.15) is 19.3 Å². The summed E-state index contributed by atoms with van der Waals surface area (Å²) in [6, 6.07) is 0. The van der Waals surface area contributed by atoms with Crippen LogP contribution in [0.5, 0.6) is 0 Å². The van der Waals surface area contributed by atoms with Crippen LogP contribution in [0.2, 0.25) is 0 Å². The number of aliphatic hydroxyl groups excluding tert-OH is 1. The Morgan fingerprint density at radius 3 is 0.776 bits per heavy atom. The molecule has 0 heterocycles. The van der Waals surface area contributed by atoms with Crippen LogP contribution in [0.4, 0.5) is 0 Å². The summed E-state index contributed by atoms with van der Waals surface area (Å²) < 4.78 is 68.6. The molecule has 0 aromatic heterocycles. The van der Waals surface area contributed by atoms with Crippen molar-refractivity contribution in [1.29, 1.82) is 0 Å². The minimum atomic E-state index is -4.96. The van der Waals surface area contributed by atoms with Crippen LogP contribution < -0.4 is 0 Å². The average molecular weight is 1440 g/mol. The third-order valence-electron chi connectivity index (χ3n) is 18.7. The molecule has 0 aliphatic rings. The second-order valence-corrected chi connectivity index (χ2v) is 32.6. The number of ether oxygens (including phenoxy) is 4. The van der Waals surface area contributed by atoms with E-state index in [1.165, 1.54) is 205 Å². The Labute approximate surface area is 600 Å². The summed E-state index contributed by atoms with van der Waals surface area (Å²) in [6.07, 6.45) is 56.9. The van der Waals surface area contributed by atoms with E-state index in [9.17, 15) is 43.2 Å². The summed E-state index contributed by atoms with van der Waals surface area (Å²) >= 11 is 0. The first-order chi connectivity index (χ1) is 47.3. The van der Waals surface area contributed by atoms with E-state index >= 15 is 0 Å². The lowest BCUT2D eigenvalue weighted by Gasteiger charge is -2.21. The smallest absolute Gasteiger partial charge is 0.462 e. The first-order valence-corrected chi connectivity index (χ1v) is 43.9. The lowest BCUT2D eigenvalue weighted by atomic mass is 9.99. The fraction of sp³-hybridized carbons (Fsp3) is 0.949. The number of hydrogen-bond acceptors (Lipinski definition) is 15. The minimum Gasteiger partial charge on any atom is -0.462 e. The molecule has 17 nitrogen and oxygen atoms in total.